The first-order valence-corrected chi connectivity index (χ1v) is 11.4. The maximum Gasteiger partial charge on any atom is 0.271 e. The maximum atomic E-state index is 12.9. The number of rotatable bonds is 9. The standard InChI is InChI=1S/C17H21N3O8S2/c1-5-28-15-8-6-12(10-17(15)30(25,26)19(2)3)18-29(23,24)16-11-13(20(21)22)7-9-14(16)27-4/h6-11,18H,5H2,1-4H3. The molecule has 0 heterocycles. The van der Waals surface area contributed by atoms with Gasteiger partial charge in [-0.05, 0) is 31.2 Å². The second-order valence-electron chi connectivity index (χ2n) is 6.08. The van der Waals surface area contributed by atoms with Crippen molar-refractivity contribution < 1.29 is 31.2 Å². The zero-order valence-corrected chi connectivity index (χ0v) is 18.3. The van der Waals surface area contributed by atoms with Crippen molar-refractivity contribution in [1.82, 2.24) is 4.31 Å². The van der Waals surface area contributed by atoms with Gasteiger partial charge in [0.25, 0.3) is 15.7 Å². The van der Waals surface area contributed by atoms with Crippen LogP contribution in [-0.4, -0.2) is 53.9 Å². The second-order valence-corrected chi connectivity index (χ2v) is 9.85. The van der Waals surface area contributed by atoms with E-state index in [1.54, 1.807) is 6.92 Å². The van der Waals surface area contributed by atoms with Crippen molar-refractivity contribution in [1.29, 1.82) is 0 Å². The van der Waals surface area contributed by atoms with E-state index in [1.165, 1.54) is 33.3 Å². The van der Waals surface area contributed by atoms with Crippen LogP contribution in [0.15, 0.2) is 46.2 Å². The van der Waals surface area contributed by atoms with Crippen LogP contribution in [0.2, 0.25) is 0 Å². The molecule has 0 saturated carbocycles. The molecular formula is C17H21N3O8S2. The lowest BCUT2D eigenvalue weighted by molar-refractivity contribution is -0.385. The summed E-state index contributed by atoms with van der Waals surface area (Å²) < 4.78 is 64.5. The maximum absolute atomic E-state index is 12.9. The number of nitrogens with zero attached hydrogens (tertiary/aromatic N) is 2. The van der Waals surface area contributed by atoms with Crippen LogP contribution in [-0.2, 0) is 20.0 Å². The fraction of sp³-hybridized carbons (Fsp3) is 0.294. The van der Waals surface area contributed by atoms with E-state index in [2.05, 4.69) is 4.72 Å². The summed E-state index contributed by atoms with van der Waals surface area (Å²) in [7, 11) is -4.41. The number of hydrogen-bond donors (Lipinski definition) is 1. The van der Waals surface area contributed by atoms with Crippen LogP contribution in [0.4, 0.5) is 11.4 Å². The molecule has 0 aliphatic rings. The zero-order valence-electron chi connectivity index (χ0n) is 16.6. The Kier molecular flexibility index (Phi) is 6.90. The Hall–Kier alpha value is -2.90. The molecule has 2 aromatic carbocycles. The summed E-state index contributed by atoms with van der Waals surface area (Å²) in [5, 5.41) is 11.0. The van der Waals surface area contributed by atoms with Crippen LogP contribution in [0.3, 0.4) is 0 Å². The van der Waals surface area contributed by atoms with Gasteiger partial charge in [0.05, 0.1) is 24.3 Å². The quantitative estimate of drug-likeness (QED) is 0.443. The summed E-state index contributed by atoms with van der Waals surface area (Å²) in [5.74, 6) is -0.0535. The van der Waals surface area contributed by atoms with E-state index in [1.807, 2.05) is 0 Å². The minimum absolute atomic E-state index is 0.0575. The number of methoxy groups -OCH3 is 1. The third-order valence-corrected chi connectivity index (χ3v) is 7.14. The molecule has 0 atom stereocenters. The summed E-state index contributed by atoms with van der Waals surface area (Å²) in [6.07, 6.45) is 0. The Labute approximate surface area is 174 Å². The Morgan fingerprint density at radius 1 is 1.03 bits per heavy atom. The molecule has 2 aromatic rings. The second kappa shape index (κ2) is 8.85. The van der Waals surface area contributed by atoms with Gasteiger partial charge in [0.1, 0.15) is 21.3 Å². The highest BCUT2D eigenvalue weighted by molar-refractivity contribution is 7.92. The molecule has 1 N–H and O–H groups in total. The molecule has 11 nitrogen and oxygen atoms in total. The summed E-state index contributed by atoms with van der Waals surface area (Å²) in [6.45, 7) is 1.88. The molecule has 0 saturated heterocycles. The molecule has 0 aliphatic heterocycles. The average Bonchev–Trinajstić information content (AvgIpc) is 2.68. The molecule has 0 spiro atoms. The molecule has 2 rings (SSSR count). The van der Waals surface area contributed by atoms with E-state index in [9.17, 15) is 26.9 Å². The van der Waals surface area contributed by atoms with Crippen molar-refractivity contribution >= 4 is 31.4 Å². The zero-order chi connectivity index (χ0) is 22.7. The Morgan fingerprint density at radius 2 is 1.67 bits per heavy atom. The van der Waals surface area contributed by atoms with E-state index >= 15 is 0 Å². The van der Waals surface area contributed by atoms with Gasteiger partial charge in [-0.25, -0.2) is 21.1 Å². The van der Waals surface area contributed by atoms with Crippen LogP contribution in [0.5, 0.6) is 11.5 Å². The molecule has 0 aromatic heterocycles. The average molecular weight is 460 g/mol. The number of ether oxygens (including phenoxy) is 2. The number of sulfonamides is 2. The normalized spacial score (nSPS) is 11.9. The van der Waals surface area contributed by atoms with Crippen molar-refractivity contribution in [3.05, 3.63) is 46.5 Å². The van der Waals surface area contributed by atoms with Crippen molar-refractivity contribution in [2.75, 3.05) is 32.5 Å². The predicted molar refractivity (Wildman–Crippen MR) is 109 cm³/mol. The molecule has 164 valence electrons. The van der Waals surface area contributed by atoms with E-state index in [0.29, 0.717) is 0 Å². The highest BCUT2D eigenvalue weighted by Crippen LogP contribution is 2.33. The highest BCUT2D eigenvalue weighted by Gasteiger charge is 2.26. The third-order valence-electron chi connectivity index (χ3n) is 3.90. The topological polar surface area (TPSA) is 145 Å². The van der Waals surface area contributed by atoms with E-state index < -0.39 is 35.6 Å². The van der Waals surface area contributed by atoms with Crippen LogP contribution in [0, 0.1) is 10.1 Å². The lowest BCUT2D eigenvalue weighted by Gasteiger charge is -2.17. The number of hydrogen-bond acceptors (Lipinski definition) is 8. The number of nitro groups is 1. The van der Waals surface area contributed by atoms with Gasteiger partial charge in [-0.15, -0.1) is 0 Å². The van der Waals surface area contributed by atoms with Gasteiger partial charge in [-0.1, -0.05) is 0 Å². The predicted octanol–water partition coefficient (Wildman–Crippen LogP) is 2.05. The van der Waals surface area contributed by atoms with Gasteiger partial charge < -0.3 is 9.47 Å². The molecule has 0 aliphatic carbocycles. The third kappa shape index (κ3) is 4.80. The van der Waals surface area contributed by atoms with Gasteiger partial charge >= 0.3 is 0 Å². The van der Waals surface area contributed by atoms with Crippen molar-refractivity contribution in [2.45, 2.75) is 16.7 Å². The molecule has 13 heteroatoms. The lowest BCUT2D eigenvalue weighted by atomic mass is 10.3. The minimum Gasteiger partial charge on any atom is -0.495 e. The summed E-state index contributed by atoms with van der Waals surface area (Å²) in [5.41, 5.74) is -0.522. The fourth-order valence-electron chi connectivity index (χ4n) is 2.44. The van der Waals surface area contributed by atoms with Gasteiger partial charge in [0, 0.05) is 26.2 Å². The monoisotopic (exact) mass is 459 g/mol. The SMILES string of the molecule is CCOc1ccc(NS(=O)(=O)c2cc([N+](=O)[O-])ccc2OC)cc1S(=O)(=O)N(C)C. The number of anilines is 1. The first-order valence-electron chi connectivity index (χ1n) is 8.48. The van der Waals surface area contributed by atoms with Crippen molar-refractivity contribution in [2.24, 2.45) is 0 Å². The van der Waals surface area contributed by atoms with Gasteiger partial charge in [0.15, 0.2) is 0 Å². The number of nitrogens with one attached hydrogen (secondary N) is 1. The van der Waals surface area contributed by atoms with E-state index in [0.717, 1.165) is 28.6 Å². The molecule has 30 heavy (non-hydrogen) atoms. The van der Waals surface area contributed by atoms with Gasteiger partial charge in [-0.2, -0.15) is 0 Å². The molecule has 0 fully saturated rings. The van der Waals surface area contributed by atoms with Crippen LogP contribution in [0.25, 0.3) is 0 Å². The Balaban J connectivity index is 2.57. The smallest absolute Gasteiger partial charge is 0.271 e. The number of nitro benzene ring substituents is 1. The minimum atomic E-state index is -4.35. The molecule has 0 radical (unpaired) electrons. The summed E-state index contributed by atoms with van der Waals surface area (Å²) in [4.78, 5) is 9.58. The molecule has 0 unspecified atom stereocenters. The van der Waals surface area contributed by atoms with Crippen molar-refractivity contribution in [3.8, 4) is 11.5 Å². The van der Waals surface area contributed by atoms with Crippen LogP contribution in [0.1, 0.15) is 6.92 Å². The summed E-state index contributed by atoms with van der Waals surface area (Å²) in [6, 6.07) is 6.88. The van der Waals surface area contributed by atoms with Gasteiger partial charge in [-0.3, -0.25) is 14.8 Å². The Bertz CT molecular complexity index is 1160. The molecule has 0 amide bonds. The van der Waals surface area contributed by atoms with E-state index in [4.69, 9.17) is 9.47 Å². The number of non-ortho nitro benzene ring substituents is 1. The first-order chi connectivity index (χ1) is 13.9. The van der Waals surface area contributed by atoms with Gasteiger partial charge in [0.2, 0.25) is 10.0 Å². The largest absolute Gasteiger partial charge is 0.495 e. The molecule has 0 bridgehead atoms. The number of benzene rings is 2. The van der Waals surface area contributed by atoms with Crippen LogP contribution >= 0.6 is 0 Å². The highest BCUT2D eigenvalue weighted by atomic mass is 32.2. The van der Waals surface area contributed by atoms with Crippen molar-refractivity contribution in [3.63, 3.8) is 0 Å². The Morgan fingerprint density at radius 3 is 2.20 bits per heavy atom. The van der Waals surface area contributed by atoms with Crippen LogP contribution < -0.4 is 14.2 Å². The summed E-state index contributed by atoms with van der Waals surface area (Å²) >= 11 is 0. The fourth-order valence-corrected chi connectivity index (χ4v) is 4.73. The molecular weight excluding hydrogens is 438 g/mol. The van der Waals surface area contributed by atoms with E-state index in [-0.39, 0.29) is 28.7 Å². The first kappa shape index (κ1) is 23.4. The lowest BCUT2D eigenvalue weighted by Crippen LogP contribution is -2.23.